The maximum absolute atomic E-state index is 12.6. The summed E-state index contributed by atoms with van der Waals surface area (Å²) in [6.45, 7) is 3.01. The van der Waals surface area contributed by atoms with E-state index in [0.29, 0.717) is 13.1 Å². The van der Waals surface area contributed by atoms with Crippen LogP contribution in [-0.4, -0.2) is 37.9 Å². The van der Waals surface area contributed by atoms with Gasteiger partial charge in [-0.3, -0.25) is 4.79 Å². The molecule has 1 saturated heterocycles. The number of aryl methyl sites for hydroxylation is 1. The van der Waals surface area contributed by atoms with Crippen LogP contribution in [0.4, 0.5) is 0 Å². The fourth-order valence-corrected chi connectivity index (χ4v) is 4.40. The van der Waals surface area contributed by atoms with Crippen molar-refractivity contribution in [3.05, 3.63) is 65.2 Å². The Labute approximate surface area is 153 Å². The van der Waals surface area contributed by atoms with Gasteiger partial charge in [-0.15, -0.1) is 0 Å². The summed E-state index contributed by atoms with van der Waals surface area (Å²) in [5.74, 6) is -0.451. The molecule has 0 spiro atoms. The first-order valence-electron chi connectivity index (χ1n) is 8.48. The monoisotopic (exact) mass is 371 g/mol. The predicted molar refractivity (Wildman–Crippen MR) is 101 cm³/mol. The van der Waals surface area contributed by atoms with E-state index in [4.69, 9.17) is 0 Å². The van der Waals surface area contributed by atoms with E-state index >= 15 is 0 Å². The van der Waals surface area contributed by atoms with Crippen molar-refractivity contribution < 1.29 is 13.2 Å². The first-order valence-corrected chi connectivity index (χ1v) is 9.92. The molecule has 1 amide bonds. The average molecular weight is 371 g/mol. The highest BCUT2D eigenvalue weighted by Gasteiger charge is 2.27. The minimum Gasteiger partial charge on any atom is -0.267 e. The van der Waals surface area contributed by atoms with Crippen LogP contribution < -0.4 is 5.43 Å². The van der Waals surface area contributed by atoms with E-state index in [2.05, 4.69) is 10.5 Å². The molecule has 3 rings (SSSR count). The number of hydrazone groups is 1. The van der Waals surface area contributed by atoms with Gasteiger partial charge in [0.1, 0.15) is 0 Å². The van der Waals surface area contributed by atoms with Crippen molar-refractivity contribution in [2.24, 2.45) is 5.10 Å². The number of carbonyl (C=O) groups is 1. The van der Waals surface area contributed by atoms with Gasteiger partial charge in [-0.25, -0.2) is 13.8 Å². The SMILES string of the molecule is Cc1ccccc1/C=N\NC(=O)c1cccc(S(=O)(=O)N2CCCC2)c1. The van der Waals surface area contributed by atoms with Crippen molar-refractivity contribution in [3.8, 4) is 0 Å². The van der Waals surface area contributed by atoms with Crippen LogP contribution in [-0.2, 0) is 10.0 Å². The van der Waals surface area contributed by atoms with Crippen molar-refractivity contribution in [2.45, 2.75) is 24.7 Å². The molecular weight excluding hydrogens is 350 g/mol. The Balaban J connectivity index is 1.73. The van der Waals surface area contributed by atoms with Gasteiger partial charge in [0.15, 0.2) is 0 Å². The molecule has 0 aromatic heterocycles. The fraction of sp³-hybridized carbons (Fsp3) is 0.263. The van der Waals surface area contributed by atoms with E-state index in [-0.39, 0.29) is 10.5 Å². The number of nitrogens with one attached hydrogen (secondary N) is 1. The Bertz CT molecular complexity index is 933. The van der Waals surface area contributed by atoms with Crippen LogP contribution in [0.5, 0.6) is 0 Å². The molecule has 136 valence electrons. The Morgan fingerprint density at radius 2 is 1.85 bits per heavy atom. The molecule has 2 aromatic rings. The van der Waals surface area contributed by atoms with Crippen LogP contribution in [0.15, 0.2) is 58.5 Å². The third-order valence-corrected chi connectivity index (χ3v) is 6.25. The van der Waals surface area contributed by atoms with Gasteiger partial charge < -0.3 is 0 Å². The summed E-state index contributed by atoms with van der Waals surface area (Å²) in [6.07, 6.45) is 3.30. The molecule has 7 heteroatoms. The number of benzene rings is 2. The van der Waals surface area contributed by atoms with Crippen LogP contribution in [0.3, 0.4) is 0 Å². The molecule has 0 saturated carbocycles. The first-order chi connectivity index (χ1) is 12.5. The summed E-state index contributed by atoms with van der Waals surface area (Å²) in [4.78, 5) is 12.4. The molecule has 6 nitrogen and oxygen atoms in total. The summed E-state index contributed by atoms with van der Waals surface area (Å²) < 4.78 is 26.7. The van der Waals surface area contributed by atoms with E-state index in [9.17, 15) is 13.2 Å². The number of sulfonamides is 1. The number of hydrogen-bond acceptors (Lipinski definition) is 4. The zero-order valence-corrected chi connectivity index (χ0v) is 15.4. The zero-order valence-electron chi connectivity index (χ0n) is 14.6. The second-order valence-corrected chi connectivity index (χ2v) is 8.13. The summed E-state index contributed by atoms with van der Waals surface area (Å²) >= 11 is 0. The molecule has 26 heavy (non-hydrogen) atoms. The largest absolute Gasteiger partial charge is 0.271 e. The summed E-state index contributed by atoms with van der Waals surface area (Å²) in [5.41, 5.74) is 4.65. The van der Waals surface area contributed by atoms with E-state index in [0.717, 1.165) is 24.0 Å². The Morgan fingerprint density at radius 1 is 1.12 bits per heavy atom. The molecule has 1 heterocycles. The maximum Gasteiger partial charge on any atom is 0.271 e. The van der Waals surface area contributed by atoms with Crippen molar-refractivity contribution >= 4 is 22.1 Å². The Kier molecular flexibility index (Phi) is 5.49. The lowest BCUT2D eigenvalue weighted by Gasteiger charge is -2.15. The highest BCUT2D eigenvalue weighted by molar-refractivity contribution is 7.89. The van der Waals surface area contributed by atoms with Gasteiger partial charge in [0, 0.05) is 18.7 Å². The minimum atomic E-state index is -3.55. The van der Waals surface area contributed by atoms with Crippen molar-refractivity contribution in [1.29, 1.82) is 0 Å². The number of rotatable bonds is 5. The van der Waals surface area contributed by atoms with Crippen LogP contribution in [0.1, 0.15) is 34.3 Å². The lowest BCUT2D eigenvalue weighted by molar-refractivity contribution is 0.0955. The van der Waals surface area contributed by atoms with Crippen LogP contribution in [0, 0.1) is 6.92 Å². The Hall–Kier alpha value is -2.51. The highest BCUT2D eigenvalue weighted by Crippen LogP contribution is 2.21. The first kappa shape index (κ1) is 18.3. The van der Waals surface area contributed by atoms with E-state index in [1.54, 1.807) is 18.3 Å². The Morgan fingerprint density at radius 3 is 2.58 bits per heavy atom. The summed E-state index contributed by atoms with van der Waals surface area (Å²) in [7, 11) is -3.55. The molecule has 1 aliphatic rings. The number of amides is 1. The van der Waals surface area contributed by atoms with Crippen molar-refractivity contribution in [2.75, 3.05) is 13.1 Å². The van der Waals surface area contributed by atoms with Gasteiger partial charge in [0.2, 0.25) is 10.0 Å². The number of carbonyl (C=O) groups excluding carboxylic acids is 1. The van der Waals surface area contributed by atoms with Gasteiger partial charge in [-0.1, -0.05) is 30.3 Å². The molecule has 1 aliphatic heterocycles. The van der Waals surface area contributed by atoms with Crippen LogP contribution in [0.2, 0.25) is 0 Å². The molecule has 0 radical (unpaired) electrons. The lowest BCUT2D eigenvalue weighted by atomic mass is 10.1. The quantitative estimate of drug-likeness (QED) is 0.648. The van der Waals surface area contributed by atoms with E-state index in [1.165, 1.54) is 16.4 Å². The van der Waals surface area contributed by atoms with Gasteiger partial charge in [0.25, 0.3) is 5.91 Å². The molecule has 0 bridgehead atoms. The fourth-order valence-electron chi connectivity index (χ4n) is 2.83. The molecule has 1 N–H and O–H groups in total. The molecule has 1 fully saturated rings. The second kappa shape index (κ2) is 7.80. The van der Waals surface area contributed by atoms with Crippen molar-refractivity contribution in [1.82, 2.24) is 9.73 Å². The number of nitrogens with zero attached hydrogens (tertiary/aromatic N) is 2. The molecule has 0 unspecified atom stereocenters. The smallest absolute Gasteiger partial charge is 0.267 e. The molecule has 2 aromatic carbocycles. The standard InChI is InChI=1S/C19H21N3O3S/c1-15-7-2-3-8-17(15)14-20-21-19(23)16-9-6-10-18(13-16)26(24,25)22-11-4-5-12-22/h2-3,6-10,13-14H,4-5,11-12H2,1H3,(H,21,23)/b20-14-. The van der Waals surface area contributed by atoms with Gasteiger partial charge in [-0.2, -0.15) is 9.41 Å². The molecule has 0 atom stereocenters. The summed E-state index contributed by atoms with van der Waals surface area (Å²) in [5, 5.41) is 3.96. The molecule has 0 aliphatic carbocycles. The zero-order chi connectivity index (χ0) is 18.6. The van der Waals surface area contributed by atoms with Gasteiger partial charge in [0.05, 0.1) is 11.1 Å². The van der Waals surface area contributed by atoms with Crippen LogP contribution in [0.25, 0.3) is 0 Å². The van der Waals surface area contributed by atoms with Crippen LogP contribution >= 0.6 is 0 Å². The average Bonchev–Trinajstić information content (AvgIpc) is 3.19. The third-order valence-electron chi connectivity index (χ3n) is 4.36. The number of hydrogen-bond donors (Lipinski definition) is 1. The topological polar surface area (TPSA) is 78.8 Å². The van der Waals surface area contributed by atoms with Gasteiger partial charge in [-0.05, 0) is 49.1 Å². The second-order valence-electron chi connectivity index (χ2n) is 6.19. The lowest BCUT2D eigenvalue weighted by Crippen LogP contribution is -2.28. The van der Waals surface area contributed by atoms with Gasteiger partial charge >= 0.3 is 0 Å². The maximum atomic E-state index is 12.6. The molecular formula is C19H21N3O3S. The van der Waals surface area contributed by atoms with E-state index in [1.807, 2.05) is 31.2 Å². The third kappa shape index (κ3) is 4.00. The highest BCUT2D eigenvalue weighted by atomic mass is 32.2. The predicted octanol–water partition coefficient (Wildman–Crippen LogP) is 2.54. The minimum absolute atomic E-state index is 0.134. The van der Waals surface area contributed by atoms with Crippen molar-refractivity contribution in [3.63, 3.8) is 0 Å². The normalized spacial score (nSPS) is 15.4. The van der Waals surface area contributed by atoms with E-state index < -0.39 is 15.9 Å². The summed E-state index contributed by atoms with van der Waals surface area (Å²) in [6, 6.07) is 13.7.